The first kappa shape index (κ1) is 32.7. The first-order valence-electron chi connectivity index (χ1n) is 18.0. The summed E-state index contributed by atoms with van der Waals surface area (Å²) in [7, 11) is 0. The summed E-state index contributed by atoms with van der Waals surface area (Å²) in [5.74, 6) is -0.648. The van der Waals surface area contributed by atoms with Gasteiger partial charge in [-0.05, 0) is 92.3 Å². The number of benzene rings is 2. The third kappa shape index (κ3) is 5.93. The number of nitrogens with zero attached hydrogens (tertiary/aromatic N) is 7. The van der Waals surface area contributed by atoms with Crippen LogP contribution < -0.4 is 20.4 Å². The molecule has 3 fully saturated rings. The molecule has 2 unspecified atom stereocenters. The topological polar surface area (TPSA) is 145 Å². The first-order valence-corrected chi connectivity index (χ1v) is 18.0. The number of halogens is 1. The van der Waals surface area contributed by atoms with Gasteiger partial charge in [0.25, 0.3) is 11.8 Å². The first-order chi connectivity index (χ1) is 25.8. The molecule has 14 heteroatoms. The average Bonchev–Trinajstić information content (AvgIpc) is 3.89. The van der Waals surface area contributed by atoms with E-state index in [0.717, 1.165) is 84.5 Å². The molecule has 2 atom stereocenters. The van der Waals surface area contributed by atoms with Crippen LogP contribution in [0.4, 0.5) is 21.7 Å². The monoisotopic (exact) mass is 713 g/mol. The molecule has 53 heavy (non-hydrogen) atoms. The number of hydrogen-bond donors (Lipinski definition) is 2. The van der Waals surface area contributed by atoms with Crippen molar-refractivity contribution in [3.05, 3.63) is 102 Å². The van der Waals surface area contributed by atoms with Crippen molar-refractivity contribution in [3.8, 4) is 11.4 Å². The van der Waals surface area contributed by atoms with Crippen molar-refractivity contribution < 1.29 is 23.6 Å². The Bertz CT molecular complexity index is 2300. The van der Waals surface area contributed by atoms with E-state index in [0.29, 0.717) is 5.65 Å². The van der Waals surface area contributed by atoms with Gasteiger partial charge in [0.15, 0.2) is 5.65 Å². The van der Waals surface area contributed by atoms with Gasteiger partial charge in [-0.15, -0.1) is 5.10 Å². The number of anilines is 3. The van der Waals surface area contributed by atoms with Gasteiger partial charge in [-0.1, -0.05) is 18.2 Å². The summed E-state index contributed by atoms with van der Waals surface area (Å²) >= 11 is 0. The number of imidazole rings is 1. The van der Waals surface area contributed by atoms with Crippen LogP contribution in [-0.4, -0.2) is 79.8 Å². The largest absolute Gasteiger partial charge is 0.382 e. The smallest absolute Gasteiger partial charge is 0.262 e. The summed E-state index contributed by atoms with van der Waals surface area (Å²) in [5, 5.41) is 10.8. The molecule has 0 bridgehead atoms. The lowest BCUT2D eigenvalue weighted by molar-refractivity contribution is -0.136. The highest BCUT2D eigenvalue weighted by Crippen LogP contribution is 2.36. The maximum Gasteiger partial charge on any atom is 0.262 e. The minimum atomic E-state index is -0.995. The molecular formula is C39H36FN9O4. The molecule has 0 aliphatic carbocycles. The van der Waals surface area contributed by atoms with Crippen LogP contribution in [0.2, 0.25) is 0 Å². The maximum atomic E-state index is 14.1. The average molecular weight is 714 g/mol. The molecule has 4 aliphatic heterocycles. The number of pyridine rings is 1. The Labute approximate surface area is 303 Å². The number of rotatable bonds is 7. The summed E-state index contributed by atoms with van der Waals surface area (Å²) in [4.78, 5) is 65.5. The van der Waals surface area contributed by atoms with Crippen LogP contribution in [0.5, 0.6) is 0 Å². The van der Waals surface area contributed by atoms with Gasteiger partial charge < -0.3 is 15.1 Å². The van der Waals surface area contributed by atoms with Crippen LogP contribution in [0.25, 0.3) is 17.0 Å². The molecule has 268 valence electrons. The summed E-state index contributed by atoms with van der Waals surface area (Å²) in [6.07, 6.45) is 5.55. The summed E-state index contributed by atoms with van der Waals surface area (Å²) in [6.45, 7) is 2.34. The summed E-state index contributed by atoms with van der Waals surface area (Å²) < 4.78 is 15.9. The van der Waals surface area contributed by atoms with Crippen LogP contribution in [0.3, 0.4) is 0 Å². The molecule has 3 aromatic heterocycles. The Hall–Kier alpha value is -6.18. The second-order valence-electron chi connectivity index (χ2n) is 14.0. The Morgan fingerprint density at radius 3 is 2.45 bits per heavy atom. The minimum Gasteiger partial charge on any atom is -0.382 e. The molecule has 13 nitrogen and oxygen atoms in total. The molecule has 7 heterocycles. The highest BCUT2D eigenvalue weighted by Gasteiger charge is 2.44. The molecule has 5 aromatic rings. The van der Waals surface area contributed by atoms with Crippen molar-refractivity contribution in [2.24, 2.45) is 0 Å². The zero-order valence-corrected chi connectivity index (χ0v) is 28.7. The van der Waals surface area contributed by atoms with Gasteiger partial charge in [-0.2, -0.15) is 0 Å². The van der Waals surface area contributed by atoms with Crippen molar-refractivity contribution in [1.82, 2.24) is 29.8 Å². The number of piperidine rings is 2. The fraction of sp³-hybridized carbons (Fsp3) is 0.308. The van der Waals surface area contributed by atoms with E-state index in [4.69, 9.17) is 10.1 Å². The molecule has 0 spiro atoms. The fourth-order valence-electron chi connectivity index (χ4n) is 8.08. The van der Waals surface area contributed by atoms with Crippen molar-refractivity contribution in [2.45, 2.75) is 56.7 Å². The Morgan fingerprint density at radius 1 is 0.792 bits per heavy atom. The van der Waals surface area contributed by atoms with E-state index in [1.54, 1.807) is 36.5 Å². The SMILES string of the molecule is O=C1CCC(N2C(=O)c3ccc(NC4CCN(c5cccc(-c6cnc7ccc(N8CCCC8c8cccc(F)c8)nn67)n5)CC4)cc3C2=O)C(=O)N1. The van der Waals surface area contributed by atoms with E-state index >= 15 is 0 Å². The second-order valence-corrected chi connectivity index (χ2v) is 14.0. The van der Waals surface area contributed by atoms with Crippen molar-refractivity contribution in [1.29, 1.82) is 0 Å². The van der Waals surface area contributed by atoms with Gasteiger partial charge in [0.05, 0.1) is 29.1 Å². The van der Waals surface area contributed by atoms with E-state index in [9.17, 15) is 23.6 Å². The molecule has 3 saturated heterocycles. The second kappa shape index (κ2) is 13.1. The number of imide groups is 2. The van der Waals surface area contributed by atoms with E-state index in [-0.39, 0.29) is 41.9 Å². The predicted octanol–water partition coefficient (Wildman–Crippen LogP) is 4.75. The van der Waals surface area contributed by atoms with Gasteiger partial charge in [0.2, 0.25) is 11.8 Å². The number of carbonyl (C=O) groups excluding carboxylic acids is 4. The Morgan fingerprint density at radius 2 is 1.62 bits per heavy atom. The molecule has 2 aromatic carbocycles. The molecule has 2 N–H and O–H groups in total. The lowest BCUT2D eigenvalue weighted by Gasteiger charge is -2.33. The van der Waals surface area contributed by atoms with Crippen LogP contribution in [-0.2, 0) is 9.59 Å². The highest BCUT2D eigenvalue weighted by atomic mass is 19.1. The molecule has 9 rings (SSSR count). The normalized spacial score (nSPS) is 20.7. The zero-order valence-electron chi connectivity index (χ0n) is 28.7. The van der Waals surface area contributed by atoms with Crippen LogP contribution in [0.1, 0.15) is 70.8 Å². The standard InChI is InChI=1S/C39H36FN9O4/c40-24-5-1-4-23(20-24)30-7-3-17-47(30)35-13-12-33-41-22-32(49(33)45-35)29-6-2-8-34(43-29)46-18-15-25(16-19-46)42-26-9-10-27-28(21-26)39(53)48(38(27)52)31-11-14-36(50)44-37(31)51/h1-2,4-6,8-10,12-13,20-22,25,30-31,42H,3,7,11,14-19H2,(H,44,50,51). The molecule has 0 saturated carbocycles. The van der Waals surface area contributed by atoms with Crippen LogP contribution >= 0.6 is 0 Å². The quantitative estimate of drug-likeness (QED) is 0.227. The van der Waals surface area contributed by atoms with Crippen molar-refractivity contribution >= 4 is 46.6 Å². The van der Waals surface area contributed by atoms with E-state index < -0.39 is 29.7 Å². The third-order valence-corrected chi connectivity index (χ3v) is 10.8. The Kier molecular flexibility index (Phi) is 8.09. The van der Waals surface area contributed by atoms with Gasteiger partial charge >= 0.3 is 0 Å². The van der Waals surface area contributed by atoms with Gasteiger partial charge in [-0.3, -0.25) is 29.4 Å². The highest BCUT2D eigenvalue weighted by molar-refractivity contribution is 6.23. The van der Waals surface area contributed by atoms with Gasteiger partial charge in [0, 0.05) is 37.8 Å². The minimum absolute atomic E-state index is 0.0474. The zero-order chi connectivity index (χ0) is 36.2. The van der Waals surface area contributed by atoms with Gasteiger partial charge in [0.1, 0.15) is 29.2 Å². The maximum absolute atomic E-state index is 14.1. The van der Waals surface area contributed by atoms with Crippen molar-refractivity contribution in [2.75, 3.05) is 34.8 Å². The van der Waals surface area contributed by atoms with E-state index in [1.807, 2.05) is 40.9 Å². The number of fused-ring (bicyclic) bond motifs is 2. The predicted molar refractivity (Wildman–Crippen MR) is 194 cm³/mol. The van der Waals surface area contributed by atoms with Crippen LogP contribution in [0.15, 0.2) is 79.0 Å². The number of carbonyl (C=O) groups is 4. The lowest BCUT2D eigenvalue weighted by Crippen LogP contribution is -2.54. The lowest BCUT2D eigenvalue weighted by atomic mass is 10.0. The van der Waals surface area contributed by atoms with E-state index in [2.05, 4.69) is 25.4 Å². The third-order valence-electron chi connectivity index (χ3n) is 10.8. The number of amides is 4. The fourth-order valence-corrected chi connectivity index (χ4v) is 8.08. The van der Waals surface area contributed by atoms with Crippen molar-refractivity contribution in [3.63, 3.8) is 0 Å². The number of hydrogen-bond acceptors (Lipinski definition) is 10. The summed E-state index contributed by atoms with van der Waals surface area (Å²) in [5.41, 5.74) is 4.43. The van der Waals surface area contributed by atoms with E-state index in [1.165, 1.54) is 6.07 Å². The Balaban J connectivity index is 0.872. The summed E-state index contributed by atoms with van der Waals surface area (Å²) in [6, 6.07) is 21.0. The van der Waals surface area contributed by atoms with Gasteiger partial charge in [-0.25, -0.2) is 18.9 Å². The molecule has 4 amide bonds. The molecular weight excluding hydrogens is 677 g/mol. The van der Waals surface area contributed by atoms with Crippen LogP contribution in [0, 0.1) is 5.82 Å². The molecule has 4 aliphatic rings. The number of aromatic nitrogens is 4. The number of nitrogens with one attached hydrogen (secondary N) is 2. The molecule has 0 radical (unpaired) electrons.